The standard InChI is InChI=1S/C25H30N2O6/c1-15-21(17-6-4-3-5-7-17)18(12-16-8-9-16)13-32-14-19(25(30)33-15)27-24(29)22-23(28)20(31-2)10-11-26-22/h3-7,10-11,15-16,18-19,21,28H,8-9,12-14H2,1-2H3,(H,27,29)/t15-,18-,19-,21+/m0/s1. The number of esters is 1. The van der Waals surface area contributed by atoms with E-state index in [1.807, 2.05) is 25.1 Å². The minimum absolute atomic E-state index is 0.00528. The van der Waals surface area contributed by atoms with Crippen molar-refractivity contribution in [1.82, 2.24) is 10.3 Å². The first kappa shape index (κ1) is 23.0. The third-order valence-corrected chi connectivity index (χ3v) is 6.36. The number of hydrogen-bond acceptors (Lipinski definition) is 7. The zero-order chi connectivity index (χ0) is 23.4. The van der Waals surface area contributed by atoms with Crippen LogP contribution in [0.5, 0.6) is 11.5 Å². The molecule has 4 rings (SSSR count). The van der Waals surface area contributed by atoms with Gasteiger partial charge < -0.3 is 24.6 Å². The van der Waals surface area contributed by atoms with E-state index in [4.69, 9.17) is 14.2 Å². The summed E-state index contributed by atoms with van der Waals surface area (Å²) in [5, 5.41) is 12.8. The first-order valence-corrected chi connectivity index (χ1v) is 11.3. The van der Waals surface area contributed by atoms with E-state index in [1.165, 1.54) is 32.2 Å². The van der Waals surface area contributed by atoms with E-state index in [0.717, 1.165) is 12.0 Å². The van der Waals surface area contributed by atoms with Crippen LogP contribution in [0.25, 0.3) is 0 Å². The minimum atomic E-state index is -1.02. The van der Waals surface area contributed by atoms with Gasteiger partial charge in [0, 0.05) is 18.2 Å². The van der Waals surface area contributed by atoms with Gasteiger partial charge in [0.2, 0.25) is 0 Å². The molecular formula is C25H30N2O6. The summed E-state index contributed by atoms with van der Waals surface area (Å²) in [4.78, 5) is 29.7. The average molecular weight is 455 g/mol. The molecule has 0 spiro atoms. The minimum Gasteiger partial charge on any atom is -0.503 e. The number of nitrogens with zero attached hydrogens (tertiary/aromatic N) is 1. The molecule has 0 unspecified atom stereocenters. The molecule has 1 aromatic heterocycles. The van der Waals surface area contributed by atoms with Crippen molar-refractivity contribution in [3.8, 4) is 11.5 Å². The fraction of sp³-hybridized carbons (Fsp3) is 0.480. The summed E-state index contributed by atoms with van der Waals surface area (Å²) in [7, 11) is 1.38. The van der Waals surface area contributed by atoms with Crippen LogP contribution < -0.4 is 10.1 Å². The maximum Gasteiger partial charge on any atom is 0.331 e. The second kappa shape index (κ2) is 10.2. The molecule has 0 radical (unpaired) electrons. The van der Waals surface area contributed by atoms with Crippen LogP contribution in [-0.2, 0) is 14.3 Å². The Balaban J connectivity index is 1.53. The quantitative estimate of drug-likeness (QED) is 0.646. The Bertz CT molecular complexity index is 978. The van der Waals surface area contributed by atoms with Crippen molar-refractivity contribution in [1.29, 1.82) is 0 Å². The summed E-state index contributed by atoms with van der Waals surface area (Å²) >= 11 is 0. The highest BCUT2D eigenvalue weighted by Crippen LogP contribution is 2.42. The second-order valence-electron chi connectivity index (χ2n) is 8.79. The Morgan fingerprint density at radius 2 is 1.97 bits per heavy atom. The van der Waals surface area contributed by atoms with Gasteiger partial charge in [0.05, 0.1) is 20.3 Å². The number of benzene rings is 1. The van der Waals surface area contributed by atoms with Gasteiger partial charge in [-0.2, -0.15) is 0 Å². The molecule has 2 fully saturated rings. The third kappa shape index (κ3) is 5.45. The van der Waals surface area contributed by atoms with E-state index < -0.39 is 29.8 Å². The maximum absolute atomic E-state index is 13.0. The van der Waals surface area contributed by atoms with Crippen LogP contribution >= 0.6 is 0 Å². The SMILES string of the molecule is COc1ccnc(C(=O)N[C@H]2COC[C@H](CC3CC3)[C@@H](c3ccccc3)[C@H](C)OC2=O)c1O. The Kier molecular flexibility index (Phi) is 7.13. The predicted octanol–water partition coefficient (Wildman–Crippen LogP) is 3.06. The van der Waals surface area contributed by atoms with Gasteiger partial charge in [-0.15, -0.1) is 0 Å². The highest BCUT2D eigenvalue weighted by atomic mass is 16.6. The van der Waals surface area contributed by atoms with Crippen LogP contribution in [-0.4, -0.2) is 54.4 Å². The molecule has 2 heterocycles. The lowest BCUT2D eigenvalue weighted by molar-refractivity contribution is -0.152. The lowest BCUT2D eigenvalue weighted by Crippen LogP contribution is -2.46. The Morgan fingerprint density at radius 3 is 2.67 bits per heavy atom. The zero-order valence-corrected chi connectivity index (χ0v) is 18.9. The van der Waals surface area contributed by atoms with E-state index in [9.17, 15) is 14.7 Å². The van der Waals surface area contributed by atoms with Crippen LogP contribution in [0.4, 0.5) is 0 Å². The van der Waals surface area contributed by atoms with Gasteiger partial charge >= 0.3 is 5.97 Å². The topological polar surface area (TPSA) is 107 Å². The lowest BCUT2D eigenvalue weighted by atomic mass is 9.80. The number of nitrogens with one attached hydrogen (secondary N) is 1. The molecule has 2 N–H and O–H groups in total. The molecule has 2 aromatic rings. The summed E-state index contributed by atoms with van der Waals surface area (Å²) in [5.74, 6) is -0.687. The molecule has 1 aliphatic heterocycles. The molecule has 2 aliphatic rings. The van der Waals surface area contributed by atoms with Crippen molar-refractivity contribution < 1.29 is 28.9 Å². The Hall–Kier alpha value is -3.13. The van der Waals surface area contributed by atoms with Gasteiger partial charge in [-0.3, -0.25) is 4.79 Å². The first-order valence-electron chi connectivity index (χ1n) is 11.3. The number of carbonyl (C=O) groups is 2. The fourth-order valence-corrected chi connectivity index (χ4v) is 4.54. The number of methoxy groups -OCH3 is 1. The lowest BCUT2D eigenvalue weighted by Gasteiger charge is -2.31. The number of rotatable bonds is 6. The van der Waals surface area contributed by atoms with Crippen molar-refractivity contribution in [2.75, 3.05) is 20.3 Å². The molecular weight excluding hydrogens is 424 g/mol. The maximum atomic E-state index is 13.0. The number of pyridine rings is 1. The normalized spacial score (nSPS) is 25.8. The molecule has 1 aromatic carbocycles. The number of cyclic esters (lactones) is 1. The molecule has 1 aliphatic carbocycles. The highest BCUT2D eigenvalue weighted by molar-refractivity contribution is 5.98. The molecule has 8 heteroatoms. The Labute approximate surface area is 193 Å². The number of aromatic hydroxyl groups is 1. The van der Waals surface area contributed by atoms with E-state index >= 15 is 0 Å². The summed E-state index contributed by atoms with van der Waals surface area (Å²) in [5.41, 5.74) is 0.879. The van der Waals surface area contributed by atoms with E-state index in [-0.39, 0.29) is 29.9 Å². The number of aromatic nitrogens is 1. The Morgan fingerprint density at radius 1 is 1.21 bits per heavy atom. The monoisotopic (exact) mass is 454 g/mol. The predicted molar refractivity (Wildman–Crippen MR) is 120 cm³/mol. The summed E-state index contributed by atoms with van der Waals surface area (Å²) in [6, 6.07) is 10.5. The van der Waals surface area contributed by atoms with Crippen LogP contribution in [0.2, 0.25) is 0 Å². The van der Waals surface area contributed by atoms with Gasteiger partial charge in [-0.1, -0.05) is 43.2 Å². The molecule has 1 saturated carbocycles. The van der Waals surface area contributed by atoms with E-state index in [1.54, 1.807) is 0 Å². The number of ether oxygens (including phenoxy) is 3. The molecule has 176 valence electrons. The summed E-state index contributed by atoms with van der Waals surface area (Å²) < 4.78 is 16.9. The fourth-order valence-electron chi connectivity index (χ4n) is 4.54. The summed E-state index contributed by atoms with van der Waals surface area (Å²) in [6.07, 6.45) is 4.41. The van der Waals surface area contributed by atoms with Crippen molar-refractivity contribution in [3.63, 3.8) is 0 Å². The molecule has 1 saturated heterocycles. The summed E-state index contributed by atoms with van der Waals surface area (Å²) in [6.45, 7) is 2.34. The van der Waals surface area contributed by atoms with Crippen molar-refractivity contribution in [2.45, 2.75) is 44.2 Å². The largest absolute Gasteiger partial charge is 0.503 e. The average Bonchev–Trinajstić information content (AvgIpc) is 3.62. The van der Waals surface area contributed by atoms with Gasteiger partial charge in [0.1, 0.15) is 6.10 Å². The van der Waals surface area contributed by atoms with Crippen LogP contribution in [0.3, 0.4) is 0 Å². The number of amides is 1. The van der Waals surface area contributed by atoms with Gasteiger partial charge in [0.15, 0.2) is 23.2 Å². The number of hydrogen-bond donors (Lipinski definition) is 2. The van der Waals surface area contributed by atoms with E-state index in [0.29, 0.717) is 12.5 Å². The molecule has 0 bridgehead atoms. The molecule has 8 nitrogen and oxygen atoms in total. The third-order valence-electron chi connectivity index (χ3n) is 6.36. The molecule has 1 amide bonds. The van der Waals surface area contributed by atoms with Crippen molar-refractivity contribution in [3.05, 3.63) is 53.9 Å². The second-order valence-corrected chi connectivity index (χ2v) is 8.79. The highest BCUT2D eigenvalue weighted by Gasteiger charge is 2.38. The zero-order valence-electron chi connectivity index (χ0n) is 18.9. The van der Waals surface area contributed by atoms with Crippen LogP contribution in [0, 0.1) is 11.8 Å². The van der Waals surface area contributed by atoms with Gasteiger partial charge in [0.25, 0.3) is 5.91 Å². The van der Waals surface area contributed by atoms with Crippen LogP contribution in [0.1, 0.15) is 48.2 Å². The molecule has 33 heavy (non-hydrogen) atoms. The van der Waals surface area contributed by atoms with Gasteiger partial charge in [-0.25, -0.2) is 9.78 Å². The first-order chi connectivity index (χ1) is 16.0. The van der Waals surface area contributed by atoms with Crippen LogP contribution in [0.15, 0.2) is 42.6 Å². The van der Waals surface area contributed by atoms with E-state index in [2.05, 4.69) is 22.4 Å². The number of carbonyl (C=O) groups excluding carboxylic acids is 2. The smallest absolute Gasteiger partial charge is 0.331 e. The van der Waals surface area contributed by atoms with Crippen molar-refractivity contribution in [2.24, 2.45) is 11.8 Å². The van der Waals surface area contributed by atoms with Crippen molar-refractivity contribution >= 4 is 11.9 Å². The molecule has 4 atom stereocenters. The van der Waals surface area contributed by atoms with Gasteiger partial charge in [-0.05, 0) is 30.7 Å².